The van der Waals surface area contributed by atoms with E-state index in [9.17, 15) is 19.7 Å². The predicted octanol–water partition coefficient (Wildman–Crippen LogP) is 2.59. The Kier molecular flexibility index (Phi) is 6.26. The third-order valence-corrected chi connectivity index (χ3v) is 3.72. The summed E-state index contributed by atoms with van der Waals surface area (Å²) in [5.41, 5.74) is 0.740. The Bertz CT molecular complexity index is 808. The summed E-state index contributed by atoms with van der Waals surface area (Å²) < 4.78 is 5.08. The molecule has 8 heteroatoms. The number of hydrogen-bond acceptors (Lipinski definition) is 5. The van der Waals surface area contributed by atoms with Crippen LogP contribution in [0, 0.1) is 10.1 Å². The number of amides is 2. The van der Waals surface area contributed by atoms with E-state index in [-0.39, 0.29) is 23.7 Å². The van der Waals surface area contributed by atoms with Crippen LogP contribution in [-0.2, 0) is 16.1 Å². The standard InChI is InChI=1S/C18H19N3O5/c1-3-20(12-13-7-5-4-6-8-13)18(23)17(22)19-15-11-14(21(24)25)9-10-16(15)26-2/h4-11H,3,12H2,1-2H3,(H,19,22). The van der Waals surface area contributed by atoms with Gasteiger partial charge in [0.25, 0.3) is 5.69 Å². The molecule has 0 atom stereocenters. The summed E-state index contributed by atoms with van der Waals surface area (Å²) in [6.07, 6.45) is 0. The lowest BCUT2D eigenvalue weighted by atomic mass is 10.2. The molecule has 2 aromatic carbocycles. The second-order valence-electron chi connectivity index (χ2n) is 5.40. The maximum absolute atomic E-state index is 12.4. The zero-order valence-electron chi connectivity index (χ0n) is 14.5. The van der Waals surface area contributed by atoms with Gasteiger partial charge >= 0.3 is 11.8 Å². The van der Waals surface area contributed by atoms with E-state index in [0.717, 1.165) is 11.6 Å². The minimum absolute atomic E-state index is 0.0656. The van der Waals surface area contributed by atoms with Gasteiger partial charge < -0.3 is 15.0 Å². The number of ether oxygens (including phenoxy) is 1. The summed E-state index contributed by atoms with van der Waals surface area (Å²) >= 11 is 0. The first kappa shape index (κ1) is 18.9. The maximum atomic E-state index is 12.4. The molecule has 136 valence electrons. The van der Waals surface area contributed by atoms with Gasteiger partial charge in [0.15, 0.2) is 0 Å². The van der Waals surface area contributed by atoms with Crippen LogP contribution in [0.3, 0.4) is 0 Å². The average molecular weight is 357 g/mol. The maximum Gasteiger partial charge on any atom is 0.314 e. The third kappa shape index (κ3) is 4.56. The van der Waals surface area contributed by atoms with Crippen molar-refractivity contribution in [2.24, 2.45) is 0 Å². The van der Waals surface area contributed by atoms with Gasteiger partial charge in [0.05, 0.1) is 17.7 Å². The number of nitrogens with zero attached hydrogens (tertiary/aromatic N) is 2. The Labute approximate surface area is 150 Å². The summed E-state index contributed by atoms with van der Waals surface area (Å²) in [5.74, 6) is -1.39. The van der Waals surface area contributed by atoms with Crippen molar-refractivity contribution in [3.8, 4) is 5.75 Å². The van der Waals surface area contributed by atoms with Crippen LogP contribution in [0.5, 0.6) is 5.75 Å². The van der Waals surface area contributed by atoms with Crippen LogP contribution in [0.2, 0.25) is 0 Å². The van der Waals surface area contributed by atoms with Crippen molar-refractivity contribution in [2.45, 2.75) is 13.5 Å². The number of non-ortho nitro benzene ring substituents is 1. The molecule has 0 saturated heterocycles. The van der Waals surface area contributed by atoms with Crippen molar-refractivity contribution < 1.29 is 19.2 Å². The van der Waals surface area contributed by atoms with Crippen LogP contribution >= 0.6 is 0 Å². The average Bonchev–Trinajstić information content (AvgIpc) is 2.66. The van der Waals surface area contributed by atoms with Gasteiger partial charge in [-0.3, -0.25) is 19.7 Å². The topological polar surface area (TPSA) is 102 Å². The van der Waals surface area contributed by atoms with Crippen molar-refractivity contribution in [2.75, 3.05) is 19.0 Å². The molecule has 0 fully saturated rings. The van der Waals surface area contributed by atoms with Gasteiger partial charge in [-0.05, 0) is 18.6 Å². The van der Waals surface area contributed by atoms with Crippen LogP contribution < -0.4 is 10.1 Å². The van der Waals surface area contributed by atoms with Crippen LogP contribution in [0.15, 0.2) is 48.5 Å². The molecule has 0 aromatic heterocycles. The molecule has 0 aliphatic carbocycles. The number of methoxy groups -OCH3 is 1. The minimum atomic E-state index is -0.887. The number of anilines is 1. The molecule has 0 saturated carbocycles. The number of hydrogen-bond donors (Lipinski definition) is 1. The first-order chi connectivity index (χ1) is 12.5. The highest BCUT2D eigenvalue weighted by atomic mass is 16.6. The Morgan fingerprint density at radius 3 is 2.46 bits per heavy atom. The largest absolute Gasteiger partial charge is 0.495 e. The number of benzene rings is 2. The van der Waals surface area contributed by atoms with Crippen molar-refractivity contribution in [1.82, 2.24) is 4.90 Å². The normalized spacial score (nSPS) is 10.1. The van der Waals surface area contributed by atoms with Crippen LogP contribution in [-0.4, -0.2) is 35.3 Å². The van der Waals surface area contributed by atoms with Crippen molar-refractivity contribution in [1.29, 1.82) is 0 Å². The lowest BCUT2D eigenvalue weighted by Gasteiger charge is -2.20. The molecule has 2 aromatic rings. The zero-order valence-corrected chi connectivity index (χ0v) is 14.5. The summed E-state index contributed by atoms with van der Waals surface area (Å²) in [5, 5.41) is 13.3. The quantitative estimate of drug-likeness (QED) is 0.486. The number of nitro groups is 1. The van der Waals surface area contributed by atoms with E-state index >= 15 is 0 Å². The molecule has 26 heavy (non-hydrogen) atoms. The Balaban J connectivity index is 2.16. The zero-order chi connectivity index (χ0) is 19.1. The third-order valence-electron chi connectivity index (χ3n) is 3.72. The van der Waals surface area contributed by atoms with Crippen LogP contribution in [0.25, 0.3) is 0 Å². The lowest BCUT2D eigenvalue weighted by molar-refractivity contribution is -0.384. The van der Waals surface area contributed by atoms with Gasteiger partial charge in [-0.25, -0.2) is 0 Å². The highest BCUT2D eigenvalue weighted by Gasteiger charge is 2.23. The first-order valence-electron chi connectivity index (χ1n) is 7.92. The summed E-state index contributed by atoms with van der Waals surface area (Å²) in [7, 11) is 1.37. The number of rotatable bonds is 6. The number of likely N-dealkylation sites (N-methyl/N-ethyl adjacent to an activating group) is 1. The van der Waals surface area contributed by atoms with E-state index in [4.69, 9.17) is 4.74 Å². The smallest absolute Gasteiger partial charge is 0.314 e. The highest BCUT2D eigenvalue weighted by Crippen LogP contribution is 2.28. The highest BCUT2D eigenvalue weighted by molar-refractivity contribution is 6.39. The van der Waals surface area contributed by atoms with Gasteiger partial charge in [0.2, 0.25) is 0 Å². The van der Waals surface area contributed by atoms with Gasteiger partial charge in [0, 0.05) is 25.2 Å². The predicted molar refractivity (Wildman–Crippen MR) is 95.8 cm³/mol. The fourth-order valence-electron chi connectivity index (χ4n) is 2.36. The molecule has 2 amide bonds. The van der Waals surface area contributed by atoms with E-state index in [0.29, 0.717) is 6.54 Å². The second kappa shape index (κ2) is 8.61. The number of nitrogens with one attached hydrogen (secondary N) is 1. The van der Waals surface area contributed by atoms with Crippen LogP contribution in [0.1, 0.15) is 12.5 Å². The molecule has 0 spiro atoms. The molecular formula is C18H19N3O5. The van der Waals surface area contributed by atoms with Crippen molar-refractivity contribution in [3.63, 3.8) is 0 Å². The van der Waals surface area contributed by atoms with E-state index in [1.807, 2.05) is 30.3 Å². The monoisotopic (exact) mass is 357 g/mol. The molecule has 0 radical (unpaired) electrons. The Morgan fingerprint density at radius 1 is 1.19 bits per heavy atom. The molecule has 0 aliphatic heterocycles. The van der Waals surface area contributed by atoms with Crippen LogP contribution in [0.4, 0.5) is 11.4 Å². The van der Waals surface area contributed by atoms with Gasteiger partial charge in [-0.2, -0.15) is 0 Å². The summed E-state index contributed by atoms with van der Waals surface area (Å²) in [6, 6.07) is 13.0. The Morgan fingerprint density at radius 2 is 1.88 bits per heavy atom. The summed E-state index contributed by atoms with van der Waals surface area (Å²) in [6.45, 7) is 2.39. The molecular weight excluding hydrogens is 338 g/mol. The van der Waals surface area contributed by atoms with Gasteiger partial charge in [-0.1, -0.05) is 30.3 Å². The molecule has 0 unspecified atom stereocenters. The molecule has 8 nitrogen and oxygen atoms in total. The number of carbonyl (C=O) groups is 2. The van der Waals surface area contributed by atoms with E-state index in [2.05, 4.69) is 5.32 Å². The molecule has 2 rings (SSSR count). The molecule has 1 N–H and O–H groups in total. The number of carbonyl (C=O) groups excluding carboxylic acids is 2. The first-order valence-corrected chi connectivity index (χ1v) is 7.92. The SMILES string of the molecule is CCN(Cc1ccccc1)C(=O)C(=O)Nc1cc([N+](=O)[O-])ccc1OC. The van der Waals surface area contributed by atoms with E-state index < -0.39 is 16.7 Å². The van der Waals surface area contributed by atoms with Gasteiger partial charge in [-0.15, -0.1) is 0 Å². The lowest BCUT2D eigenvalue weighted by Crippen LogP contribution is -2.39. The van der Waals surface area contributed by atoms with Gasteiger partial charge in [0.1, 0.15) is 5.75 Å². The molecule has 0 bridgehead atoms. The fourth-order valence-corrected chi connectivity index (χ4v) is 2.36. The van der Waals surface area contributed by atoms with E-state index in [1.54, 1.807) is 6.92 Å². The van der Waals surface area contributed by atoms with Crippen molar-refractivity contribution >= 4 is 23.2 Å². The minimum Gasteiger partial charge on any atom is -0.495 e. The molecule has 0 heterocycles. The summed E-state index contributed by atoms with van der Waals surface area (Å²) in [4.78, 5) is 36.5. The number of nitro benzene ring substituents is 1. The van der Waals surface area contributed by atoms with Crippen molar-refractivity contribution in [3.05, 3.63) is 64.2 Å². The van der Waals surface area contributed by atoms with E-state index in [1.165, 1.54) is 24.1 Å². The second-order valence-corrected chi connectivity index (χ2v) is 5.40. The fraction of sp³-hybridized carbons (Fsp3) is 0.222. The molecule has 0 aliphatic rings. The Hall–Kier alpha value is -3.42.